The molecule has 224 valence electrons. The van der Waals surface area contributed by atoms with Crippen LogP contribution in [-0.2, 0) is 17.1 Å². The third kappa shape index (κ3) is 18.2. The molecule has 2 aromatic carbocycles. The van der Waals surface area contributed by atoms with Crippen molar-refractivity contribution in [1.82, 2.24) is 0 Å². The smallest absolute Gasteiger partial charge is 0.659 e. The minimum atomic E-state index is -1.48. The summed E-state index contributed by atoms with van der Waals surface area (Å²) in [5.41, 5.74) is 2.14. The van der Waals surface area contributed by atoms with Gasteiger partial charge < -0.3 is 9.96 Å². The van der Waals surface area contributed by atoms with Gasteiger partial charge in [0.05, 0.1) is 0 Å². The van der Waals surface area contributed by atoms with E-state index in [4.69, 9.17) is 9.96 Å². The van der Waals surface area contributed by atoms with Gasteiger partial charge in [0.1, 0.15) is 0 Å². The van der Waals surface area contributed by atoms with E-state index in [0.717, 1.165) is 23.2 Å². The molecule has 6 heteroatoms. The molecule has 0 aromatic heterocycles. The molecule has 0 saturated heterocycles. The Hall–Kier alpha value is 0.105. The quantitative estimate of drug-likeness (QED) is 0.216. The van der Waals surface area contributed by atoms with E-state index in [9.17, 15) is 0 Å². The molecular weight excluding hydrogens is 810 g/mol. The molecule has 10 radical (unpaired) electrons. The van der Waals surface area contributed by atoms with Crippen molar-refractivity contribution in [2.45, 2.75) is 77.8 Å². The summed E-state index contributed by atoms with van der Waals surface area (Å²) in [6.07, 6.45) is 16.5. The molecule has 2 fully saturated rings. The molecule has 2 aliphatic rings. The second-order valence-electron chi connectivity index (χ2n) is 13.1. The number of hydrogen-bond acceptors (Lipinski definition) is 0. The van der Waals surface area contributed by atoms with Gasteiger partial charge in [0, 0.05) is 0 Å². The summed E-state index contributed by atoms with van der Waals surface area (Å²) in [5, 5.41) is 0.675. The molecule has 0 aliphatic heterocycles. The predicted molar refractivity (Wildman–Crippen MR) is 184 cm³/mol. The zero-order valence-corrected chi connectivity index (χ0v) is 34.8. The molecule has 2 aromatic rings. The van der Waals surface area contributed by atoms with Crippen LogP contribution < -0.4 is 0 Å². The predicted octanol–water partition coefficient (Wildman–Crippen LogP) is 11.2. The third-order valence-corrected chi connectivity index (χ3v) is 16.4. The molecular formula is C36H52FeN2Si2U+2. The van der Waals surface area contributed by atoms with E-state index in [1.54, 1.807) is 0 Å². The van der Waals surface area contributed by atoms with Gasteiger partial charge in [-0.3, -0.25) is 0 Å². The van der Waals surface area contributed by atoms with Crippen molar-refractivity contribution in [1.29, 1.82) is 0 Å². The zero-order chi connectivity index (χ0) is 30.5. The maximum absolute atomic E-state index is 4.86. The van der Waals surface area contributed by atoms with E-state index < -0.39 is 16.5 Å². The Morgan fingerprint density at radius 1 is 0.500 bits per heavy atom. The van der Waals surface area contributed by atoms with Gasteiger partial charge in [-0.25, -0.2) is 0 Å². The maximum atomic E-state index is 4.86. The summed E-state index contributed by atoms with van der Waals surface area (Å²) >= 11 is 0. The number of hydrogen-bond donors (Lipinski definition) is 0. The minimum absolute atomic E-state index is 0. The average Bonchev–Trinajstić information content (AvgIpc) is 3.54. The monoisotopic (exact) mass is 862 g/mol. The van der Waals surface area contributed by atoms with E-state index in [1.165, 1.54) is 0 Å². The standard InChI is InChI=1S/2C11H19NSi.2C7H7.Fe.U/c2*1-11(2,3)13(4,5)12-10-8-6-7-9-10;2*1-7-5-3-2-4-6-7;;/h2*6-9H,1-5H3;2*2-6H,1H2;;/q4*-1;+2;+4. The summed E-state index contributed by atoms with van der Waals surface area (Å²) in [5.74, 6) is 0. The Morgan fingerprint density at radius 3 is 0.905 bits per heavy atom. The Morgan fingerprint density at radius 2 is 0.738 bits per heavy atom. The van der Waals surface area contributed by atoms with Crippen molar-refractivity contribution in [3.05, 3.63) is 159 Å². The van der Waals surface area contributed by atoms with Crippen LogP contribution in [0.1, 0.15) is 52.7 Å². The summed E-state index contributed by atoms with van der Waals surface area (Å²) < 4.78 is 0. The fourth-order valence-corrected chi connectivity index (χ4v) is 5.07. The van der Waals surface area contributed by atoms with Crippen LogP contribution in [0.4, 0.5) is 0 Å². The van der Waals surface area contributed by atoms with Crippen molar-refractivity contribution in [2.75, 3.05) is 0 Å². The van der Waals surface area contributed by atoms with Gasteiger partial charge in [0.15, 0.2) is 0 Å². The molecule has 42 heavy (non-hydrogen) atoms. The Labute approximate surface area is 299 Å². The van der Waals surface area contributed by atoms with Crippen molar-refractivity contribution < 1.29 is 48.2 Å². The van der Waals surface area contributed by atoms with E-state index in [-0.39, 0.29) is 48.2 Å². The summed E-state index contributed by atoms with van der Waals surface area (Å²) in [4.78, 5) is 9.72. The first-order valence-electron chi connectivity index (χ1n) is 14.1. The van der Waals surface area contributed by atoms with E-state index in [2.05, 4.69) is 107 Å². The SMILES string of the molecule is CC(C)(C)[Si](C)(C)[N-][C]1[CH][CH][CH][CH]1.CC(C)(C)[Si](C)(C)[N-][C]1[CH][CH][CH][CH]1.[CH2-]c1ccccc1.[CH2-]c1ccccc1.[Fe+2].[U+4]. The summed E-state index contributed by atoms with van der Waals surface area (Å²) in [6, 6.07) is 22.0. The van der Waals surface area contributed by atoms with Gasteiger partial charge in [0.2, 0.25) is 0 Å². The van der Waals surface area contributed by atoms with Crippen molar-refractivity contribution >= 4 is 16.5 Å². The summed E-state index contributed by atoms with van der Waals surface area (Å²) in [6.45, 7) is 30.4. The molecule has 4 rings (SSSR count). The molecule has 0 unspecified atom stereocenters. The van der Waals surface area contributed by atoms with Crippen LogP contribution in [-0.4, -0.2) is 16.5 Å². The van der Waals surface area contributed by atoms with Crippen LogP contribution >= 0.6 is 0 Å². The Balaban J connectivity index is 0. The molecule has 0 amide bonds. The fourth-order valence-electron chi connectivity index (χ4n) is 2.81. The van der Waals surface area contributed by atoms with Gasteiger partial charge in [0.25, 0.3) is 0 Å². The normalized spacial score (nSPS) is 15.9. The molecule has 0 atom stereocenters. The average molecular weight is 863 g/mol. The van der Waals surface area contributed by atoms with Crippen molar-refractivity contribution in [3.63, 3.8) is 0 Å². The Bertz CT molecular complexity index is 835. The number of rotatable bonds is 4. The maximum Gasteiger partial charge on any atom is 4.00 e. The van der Waals surface area contributed by atoms with Crippen LogP contribution in [0.5, 0.6) is 0 Å². The minimum Gasteiger partial charge on any atom is -0.659 e. The first-order valence-corrected chi connectivity index (χ1v) is 20.0. The van der Waals surface area contributed by atoms with Gasteiger partial charge in [-0.15, -0.1) is 36.3 Å². The van der Waals surface area contributed by atoms with Crippen LogP contribution in [0.25, 0.3) is 9.96 Å². The van der Waals surface area contributed by atoms with E-state index >= 15 is 0 Å². The second kappa shape index (κ2) is 21.0. The second-order valence-corrected chi connectivity index (χ2v) is 22.8. The number of benzene rings is 2. The zero-order valence-electron chi connectivity index (χ0n) is 27.6. The van der Waals surface area contributed by atoms with Crippen LogP contribution in [0.15, 0.2) is 60.7 Å². The molecule has 2 aliphatic carbocycles. The van der Waals surface area contributed by atoms with Crippen LogP contribution in [0.3, 0.4) is 0 Å². The largest absolute Gasteiger partial charge is 4.00 e. The molecule has 2 nitrogen and oxygen atoms in total. The van der Waals surface area contributed by atoms with Crippen molar-refractivity contribution in [2.24, 2.45) is 0 Å². The third-order valence-electron chi connectivity index (χ3n) is 7.46. The van der Waals surface area contributed by atoms with Gasteiger partial charge in [-0.1, -0.05) is 132 Å². The van der Waals surface area contributed by atoms with Crippen LogP contribution in [0, 0.1) is 108 Å². The van der Waals surface area contributed by atoms with Crippen molar-refractivity contribution in [3.8, 4) is 0 Å². The molecule has 0 N–H and O–H groups in total. The first kappa shape index (κ1) is 44.2. The molecule has 2 saturated carbocycles. The molecule has 0 spiro atoms. The van der Waals surface area contributed by atoms with Crippen LogP contribution in [0.2, 0.25) is 36.3 Å². The molecule has 0 bridgehead atoms. The van der Waals surface area contributed by atoms with Gasteiger partial charge >= 0.3 is 48.2 Å². The van der Waals surface area contributed by atoms with E-state index in [1.807, 2.05) is 86.3 Å². The topological polar surface area (TPSA) is 28.2 Å². The fraction of sp³-hybridized carbons (Fsp3) is 0.333. The summed E-state index contributed by atoms with van der Waals surface area (Å²) in [7, 11) is -2.97. The molecule has 0 heterocycles. The first-order chi connectivity index (χ1) is 18.4. The van der Waals surface area contributed by atoms with Gasteiger partial charge in [-0.2, -0.15) is 49.2 Å². The van der Waals surface area contributed by atoms with E-state index in [0.29, 0.717) is 10.1 Å². The Kier molecular flexibility index (Phi) is 22.1. The number of nitrogens with zero attached hydrogens (tertiary/aromatic N) is 2. The van der Waals surface area contributed by atoms with Gasteiger partial charge in [-0.05, 0) is 25.7 Å².